The van der Waals surface area contributed by atoms with Crippen molar-refractivity contribution in [1.82, 2.24) is 15.6 Å². The Kier molecular flexibility index (Phi) is 12.5. The molecule has 0 amide bonds. The molecule has 0 bridgehead atoms. The van der Waals surface area contributed by atoms with Crippen molar-refractivity contribution < 1.29 is 4.74 Å². The van der Waals surface area contributed by atoms with Crippen LogP contribution in [0.25, 0.3) is 0 Å². The van der Waals surface area contributed by atoms with Gasteiger partial charge in [-0.15, -0.1) is 24.0 Å². The lowest BCUT2D eigenvalue weighted by atomic mass is 9.98. The molecule has 0 radical (unpaired) electrons. The molecule has 1 heterocycles. The number of anilines is 1. The predicted octanol–water partition coefficient (Wildman–Crippen LogP) is 3.81. The van der Waals surface area contributed by atoms with Gasteiger partial charge in [0.05, 0.1) is 18.3 Å². The molecule has 1 unspecified atom stereocenters. The highest BCUT2D eigenvalue weighted by Gasteiger charge is 2.25. The van der Waals surface area contributed by atoms with E-state index in [1.807, 2.05) is 37.2 Å². The second-order valence-corrected chi connectivity index (χ2v) is 7.33. The summed E-state index contributed by atoms with van der Waals surface area (Å²) in [6.07, 6.45) is 6.72. The molecule has 1 aromatic heterocycles. The number of guanidine groups is 1. The van der Waals surface area contributed by atoms with Crippen molar-refractivity contribution >= 4 is 35.8 Å². The zero-order valence-electron chi connectivity index (χ0n) is 17.9. The van der Waals surface area contributed by atoms with E-state index >= 15 is 0 Å². The Morgan fingerprint density at radius 1 is 1.25 bits per heavy atom. The fourth-order valence-electron chi connectivity index (χ4n) is 3.64. The van der Waals surface area contributed by atoms with Gasteiger partial charge >= 0.3 is 0 Å². The molecule has 1 aromatic rings. The van der Waals surface area contributed by atoms with Gasteiger partial charge in [0, 0.05) is 33.8 Å². The molecule has 2 N–H and O–H groups in total. The van der Waals surface area contributed by atoms with Crippen LogP contribution < -0.4 is 15.5 Å². The van der Waals surface area contributed by atoms with Gasteiger partial charge in [-0.3, -0.25) is 0 Å². The summed E-state index contributed by atoms with van der Waals surface area (Å²) in [6, 6.07) is 6.06. The summed E-state index contributed by atoms with van der Waals surface area (Å²) in [5.74, 6) is 2.53. The van der Waals surface area contributed by atoms with Crippen molar-refractivity contribution in [2.24, 2.45) is 10.9 Å². The van der Waals surface area contributed by atoms with Crippen molar-refractivity contribution in [2.45, 2.75) is 58.6 Å². The van der Waals surface area contributed by atoms with Crippen LogP contribution in [0.15, 0.2) is 23.2 Å². The molecular formula is C21H38IN5O. The Bertz CT molecular complexity index is 576. The monoisotopic (exact) mass is 503 g/mol. The van der Waals surface area contributed by atoms with Gasteiger partial charge in [0.1, 0.15) is 5.82 Å². The number of pyridine rings is 1. The fourth-order valence-corrected chi connectivity index (χ4v) is 3.64. The summed E-state index contributed by atoms with van der Waals surface area (Å²) in [6.45, 7) is 7.25. The van der Waals surface area contributed by atoms with E-state index in [1.54, 1.807) is 0 Å². The van der Waals surface area contributed by atoms with Crippen LogP contribution in [0, 0.1) is 5.92 Å². The Morgan fingerprint density at radius 3 is 2.64 bits per heavy atom. The van der Waals surface area contributed by atoms with Gasteiger partial charge < -0.3 is 20.3 Å². The summed E-state index contributed by atoms with van der Waals surface area (Å²) >= 11 is 0. The number of rotatable bonds is 10. The molecule has 1 aliphatic rings. The highest BCUT2D eigenvalue weighted by molar-refractivity contribution is 14.0. The molecule has 0 aliphatic heterocycles. The number of hydrogen-bond acceptors (Lipinski definition) is 4. The summed E-state index contributed by atoms with van der Waals surface area (Å²) < 4.78 is 6.02. The molecule has 1 fully saturated rings. The first kappa shape index (κ1) is 24.9. The molecule has 160 valence electrons. The largest absolute Gasteiger partial charge is 0.378 e. The third-order valence-electron chi connectivity index (χ3n) is 5.02. The second-order valence-electron chi connectivity index (χ2n) is 7.33. The van der Waals surface area contributed by atoms with Crippen molar-refractivity contribution in [3.63, 3.8) is 0 Å². The average molecular weight is 503 g/mol. The van der Waals surface area contributed by atoms with E-state index < -0.39 is 0 Å². The van der Waals surface area contributed by atoms with Crippen molar-refractivity contribution in [2.75, 3.05) is 38.7 Å². The van der Waals surface area contributed by atoms with Gasteiger partial charge in [-0.1, -0.05) is 18.9 Å². The molecule has 28 heavy (non-hydrogen) atoms. The number of halogens is 1. The number of aliphatic imine (C=N–C) groups is 1. The number of nitrogens with zero attached hydrogens (tertiary/aromatic N) is 3. The summed E-state index contributed by atoms with van der Waals surface area (Å²) in [4.78, 5) is 11.3. The molecule has 1 saturated carbocycles. The Hall–Kier alpha value is -1.09. The van der Waals surface area contributed by atoms with E-state index in [4.69, 9.17) is 9.73 Å². The first-order chi connectivity index (χ1) is 13.1. The molecule has 6 nitrogen and oxygen atoms in total. The second kappa shape index (κ2) is 14.0. The maximum Gasteiger partial charge on any atom is 0.191 e. The van der Waals surface area contributed by atoms with Crippen molar-refractivity contribution in [3.8, 4) is 0 Å². The predicted molar refractivity (Wildman–Crippen MR) is 129 cm³/mol. The summed E-state index contributed by atoms with van der Waals surface area (Å²) in [5, 5.41) is 6.79. The van der Waals surface area contributed by atoms with E-state index in [2.05, 4.69) is 29.5 Å². The van der Waals surface area contributed by atoms with Crippen molar-refractivity contribution in [3.05, 3.63) is 23.9 Å². The van der Waals surface area contributed by atoms with Gasteiger partial charge in [-0.25, -0.2) is 9.98 Å². The molecule has 0 saturated heterocycles. The minimum Gasteiger partial charge on any atom is -0.378 e. The maximum atomic E-state index is 6.02. The highest BCUT2D eigenvalue weighted by atomic mass is 127. The summed E-state index contributed by atoms with van der Waals surface area (Å²) in [7, 11) is 4.00. The molecule has 2 rings (SSSR count). The van der Waals surface area contributed by atoms with Crippen LogP contribution in [-0.4, -0.2) is 50.8 Å². The topological polar surface area (TPSA) is 61.8 Å². The average Bonchev–Trinajstić information content (AvgIpc) is 3.20. The molecular weight excluding hydrogens is 465 g/mol. The molecule has 7 heteroatoms. The van der Waals surface area contributed by atoms with Gasteiger partial charge in [0.15, 0.2) is 5.96 Å². The van der Waals surface area contributed by atoms with E-state index in [0.717, 1.165) is 49.5 Å². The van der Waals surface area contributed by atoms with Gasteiger partial charge in [0.25, 0.3) is 0 Å². The zero-order valence-corrected chi connectivity index (χ0v) is 20.2. The molecule has 1 atom stereocenters. The van der Waals surface area contributed by atoms with E-state index in [1.165, 1.54) is 25.7 Å². The SMILES string of the molecule is CCNC(=NCc1cccc(N(C)C)n1)NCCC(OCC)C1CCCC1.I. The lowest BCUT2D eigenvalue weighted by Crippen LogP contribution is -2.39. The maximum absolute atomic E-state index is 6.02. The van der Waals surface area contributed by atoms with Crippen LogP contribution >= 0.6 is 24.0 Å². The quantitative estimate of drug-likeness (QED) is 0.289. The van der Waals surface area contributed by atoms with Crippen LogP contribution in [0.5, 0.6) is 0 Å². The molecule has 0 spiro atoms. The van der Waals surface area contributed by atoms with Gasteiger partial charge in [-0.2, -0.15) is 0 Å². The molecule has 1 aliphatic carbocycles. The Balaban J connectivity index is 0.00000392. The third-order valence-corrected chi connectivity index (χ3v) is 5.02. The van der Waals surface area contributed by atoms with Crippen LogP contribution in [0.4, 0.5) is 5.82 Å². The number of ether oxygens (including phenoxy) is 1. The first-order valence-electron chi connectivity index (χ1n) is 10.4. The number of hydrogen-bond donors (Lipinski definition) is 2. The smallest absolute Gasteiger partial charge is 0.191 e. The minimum atomic E-state index is 0. The van der Waals surface area contributed by atoms with E-state index in [9.17, 15) is 0 Å². The molecule has 0 aromatic carbocycles. The van der Waals surface area contributed by atoms with E-state index in [0.29, 0.717) is 12.6 Å². The standard InChI is InChI=1S/C21H37N5O.HI/c1-5-22-21(24-16-18-12-9-13-20(25-18)26(3)4)23-15-14-19(27-6-2)17-10-7-8-11-17;/h9,12-13,17,19H,5-8,10-11,14-16H2,1-4H3,(H2,22,23,24);1H. The minimum absolute atomic E-state index is 0. The number of aromatic nitrogens is 1. The van der Waals surface area contributed by atoms with Gasteiger partial charge in [0.2, 0.25) is 0 Å². The van der Waals surface area contributed by atoms with Crippen LogP contribution in [0.2, 0.25) is 0 Å². The number of nitrogens with one attached hydrogen (secondary N) is 2. The lowest BCUT2D eigenvalue weighted by molar-refractivity contribution is 0.0169. The Morgan fingerprint density at radius 2 is 2.00 bits per heavy atom. The van der Waals surface area contributed by atoms with E-state index in [-0.39, 0.29) is 24.0 Å². The fraction of sp³-hybridized carbons (Fsp3) is 0.714. The van der Waals surface area contributed by atoms with Crippen molar-refractivity contribution in [1.29, 1.82) is 0 Å². The normalized spacial score (nSPS) is 15.8. The lowest BCUT2D eigenvalue weighted by Gasteiger charge is -2.24. The third kappa shape index (κ3) is 8.51. The highest BCUT2D eigenvalue weighted by Crippen LogP contribution is 2.30. The van der Waals surface area contributed by atoms with Gasteiger partial charge in [-0.05, 0) is 51.2 Å². The Labute approximate surface area is 187 Å². The van der Waals surface area contributed by atoms with Crippen LogP contribution in [0.3, 0.4) is 0 Å². The van der Waals surface area contributed by atoms with Crippen LogP contribution in [0.1, 0.15) is 51.6 Å². The van der Waals surface area contributed by atoms with Crippen LogP contribution in [-0.2, 0) is 11.3 Å². The summed E-state index contributed by atoms with van der Waals surface area (Å²) in [5.41, 5.74) is 0.969. The first-order valence-corrected chi connectivity index (χ1v) is 10.4. The zero-order chi connectivity index (χ0) is 19.5.